The second kappa shape index (κ2) is 4.80. The second-order valence-electron chi connectivity index (χ2n) is 4.84. The summed E-state index contributed by atoms with van der Waals surface area (Å²) in [5, 5.41) is 8.59. The number of aromatic nitrogens is 3. The number of hydrogen-bond donors (Lipinski definition) is 1. The number of aryl methyl sites for hydroxylation is 3. The van der Waals surface area contributed by atoms with Crippen molar-refractivity contribution < 1.29 is 0 Å². The van der Waals surface area contributed by atoms with Gasteiger partial charge in [-0.25, -0.2) is 0 Å². The molecule has 2 heterocycles. The van der Waals surface area contributed by atoms with Gasteiger partial charge < -0.3 is 10.3 Å². The molecule has 0 unspecified atom stereocenters. The Balaban J connectivity index is 1.74. The van der Waals surface area contributed by atoms with Crippen molar-refractivity contribution in [1.29, 1.82) is 0 Å². The fourth-order valence-electron chi connectivity index (χ4n) is 2.56. The second-order valence-corrected chi connectivity index (χ2v) is 4.84. The van der Waals surface area contributed by atoms with E-state index in [0.717, 1.165) is 43.1 Å². The molecule has 2 aromatic rings. The molecule has 0 atom stereocenters. The minimum absolute atomic E-state index is 0.871. The van der Waals surface area contributed by atoms with Crippen LogP contribution in [0.3, 0.4) is 0 Å². The molecular weight excluding hydrogens is 224 g/mol. The molecule has 1 aromatic heterocycles. The number of nitrogen functional groups attached to an aromatic ring is 1. The van der Waals surface area contributed by atoms with E-state index >= 15 is 0 Å². The average Bonchev–Trinajstić information content (AvgIpc) is 2.81. The molecule has 0 saturated heterocycles. The summed E-state index contributed by atoms with van der Waals surface area (Å²) in [6, 6.07) is 8.04. The molecule has 2 N–H and O–H groups in total. The van der Waals surface area contributed by atoms with Crippen LogP contribution in [0.2, 0.25) is 0 Å². The summed E-state index contributed by atoms with van der Waals surface area (Å²) in [5.41, 5.74) is 8.03. The van der Waals surface area contributed by atoms with Crippen LogP contribution < -0.4 is 5.73 Å². The van der Waals surface area contributed by atoms with E-state index in [2.05, 4.69) is 20.8 Å². The summed E-state index contributed by atoms with van der Waals surface area (Å²) in [6.45, 7) is 1.07. The quantitative estimate of drug-likeness (QED) is 0.837. The fourth-order valence-corrected chi connectivity index (χ4v) is 2.56. The van der Waals surface area contributed by atoms with E-state index in [0.29, 0.717) is 0 Å². The molecule has 3 rings (SSSR count). The first-order valence-electron chi connectivity index (χ1n) is 6.59. The molecule has 4 heteroatoms. The molecule has 0 fully saturated rings. The largest absolute Gasteiger partial charge is 0.399 e. The Labute approximate surface area is 107 Å². The van der Waals surface area contributed by atoms with E-state index in [1.807, 2.05) is 18.2 Å². The predicted octanol–water partition coefficient (Wildman–Crippen LogP) is 1.98. The van der Waals surface area contributed by atoms with Crippen LogP contribution in [0.4, 0.5) is 5.69 Å². The molecule has 0 aliphatic carbocycles. The summed E-state index contributed by atoms with van der Waals surface area (Å²) < 4.78 is 2.28. The maximum Gasteiger partial charge on any atom is 0.133 e. The van der Waals surface area contributed by atoms with Crippen LogP contribution >= 0.6 is 0 Å². The highest BCUT2D eigenvalue weighted by atomic mass is 15.3. The molecule has 0 bridgehead atoms. The van der Waals surface area contributed by atoms with Crippen molar-refractivity contribution in [3.05, 3.63) is 41.5 Å². The maximum absolute atomic E-state index is 5.95. The molecule has 18 heavy (non-hydrogen) atoms. The number of benzene rings is 1. The lowest BCUT2D eigenvalue weighted by Crippen LogP contribution is -2.13. The van der Waals surface area contributed by atoms with Crippen molar-refractivity contribution in [3.8, 4) is 0 Å². The number of fused-ring (bicyclic) bond motifs is 1. The normalized spacial score (nSPS) is 14.4. The first-order chi connectivity index (χ1) is 8.84. The van der Waals surface area contributed by atoms with Crippen LogP contribution in [0.1, 0.15) is 30.1 Å². The summed E-state index contributed by atoms with van der Waals surface area (Å²) >= 11 is 0. The Hall–Kier alpha value is -1.84. The van der Waals surface area contributed by atoms with Gasteiger partial charge in [0.15, 0.2) is 0 Å². The van der Waals surface area contributed by atoms with E-state index in [-0.39, 0.29) is 0 Å². The zero-order chi connectivity index (χ0) is 12.4. The van der Waals surface area contributed by atoms with Crippen LogP contribution in [0.5, 0.6) is 0 Å². The molecule has 0 radical (unpaired) electrons. The van der Waals surface area contributed by atoms with Crippen LogP contribution in [0, 0.1) is 0 Å². The number of rotatable bonds is 3. The standard InChI is InChI=1S/C14H18N4/c15-12-6-2-1-5-11(12)8-9-14-17-16-13-7-3-4-10-18(13)14/h1-2,5-6H,3-4,7-10,15H2. The van der Waals surface area contributed by atoms with E-state index in [1.54, 1.807) is 0 Å². The molecule has 4 nitrogen and oxygen atoms in total. The zero-order valence-corrected chi connectivity index (χ0v) is 10.5. The number of nitrogens with two attached hydrogens (primary N) is 1. The number of anilines is 1. The SMILES string of the molecule is Nc1ccccc1CCc1nnc2n1CCCC2. The molecule has 1 aliphatic rings. The van der Waals surface area contributed by atoms with Gasteiger partial charge in [0.2, 0.25) is 0 Å². The van der Waals surface area contributed by atoms with E-state index in [1.165, 1.54) is 18.4 Å². The highest BCUT2D eigenvalue weighted by Crippen LogP contribution is 2.17. The van der Waals surface area contributed by atoms with Crippen molar-refractivity contribution in [1.82, 2.24) is 14.8 Å². The lowest BCUT2D eigenvalue weighted by Gasteiger charge is -2.14. The fraction of sp³-hybridized carbons (Fsp3) is 0.429. The Bertz CT molecular complexity index is 544. The van der Waals surface area contributed by atoms with Gasteiger partial charge in [-0.2, -0.15) is 0 Å². The van der Waals surface area contributed by atoms with Gasteiger partial charge in [-0.3, -0.25) is 0 Å². The van der Waals surface area contributed by atoms with Gasteiger partial charge >= 0.3 is 0 Å². The lowest BCUT2D eigenvalue weighted by atomic mass is 10.1. The smallest absolute Gasteiger partial charge is 0.133 e. The van der Waals surface area contributed by atoms with Crippen LogP contribution in [0.25, 0.3) is 0 Å². The van der Waals surface area contributed by atoms with Gasteiger partial charge in [-0.05, 0) is 30.9 Å². The van der Waals surface area contributed by atoms with Gasteiger partial charge in [0, 0.05) is 25.1 Å². The molecule has 0 amide bonds. The van der Waals surface area contributed by atoms with Crippen LogP contribution in [-0.4, -0.2) is 14.8 Å². The Kier molecular flexibility index (Phi) is 3.00. The van der Waals surface area contributed by atoms with Crippen molar-refractivity contribution in [2.75, 3.05) is 5.73 Å². The first-order valence-corrected chi connectivity index (χ1v) is 6.59. The topological polar surface area (TPSA) is 56.7 Å². The van der Waals surface area contributed by atoms with Crippen LogP contribution in [-0.2, 0) is 25.8 Å². The van der Waals surface area contributed by atoms with E-state index in [4.69, 9.17) is 5.73 Å². The van der Waals surface area contributed by atoms with Gasteiger partial charge in [-0.1, -0.05) is 18.2 Å². The number of nitrogens with zero attached hydrogens (tertiary/aromatic N) is 3. The first kappa shape index (κ1) is 11.3. The van der Waals surface area contributed by atoms with E-state index in [9.17, 15) is 0 Å². The van der Waals surface area contributed by atoms with Gasteiger partial charge in [0.1, 0.15) is 11.6 Å². The molecular formula is C14H18N4. The maximum atomic E-state index is 5.95. The summed E-state index contributed by atoms with van der Waals surface area (Å²) in [4.78, 5) is 0. The highest BCUT2D eigenvalue weighted by molar-refractivity contribution is 5.46. The highest BCUT2D eigenvalue weighted by Gasteiger charge is 2.15. The van der Waals surface area contributed by atoms with Crippen molar-refractivity contribution >= 4 is 5.69 Å². The average molecular weight is 242 g/mol. The lowest BCUT2D eigenvalue weighted by molar-refractivity contribution is 0.507. The minimum atomic E-state index is 0.871. The summed E-state index contributed by atoms with van der Waals surface area (Å²) in [6.07, 6.45) is 5.40. The zero-order valence-electron chi connectivity index (χ0n) is 10.5. The summed E-state index contributed by atoms with van der Waals surface area (Å²) in [7, 11) is 0. The number of para-hydroxylation sites is 1. The van der Waals surface area contributed by atoms with Crippen molar-refractivity contribution in [2.45, 2.75) is 38.6 Å². The predicted molar refractivity (Wildman–Crippen MR) is 71.2 cm³/mol. The monoisotopic (exact) mass is 242 g/mol. The molecule has 1 aromatic carbocycles. The van der Waals surface area contributed by atoms with Gasteiger partial charge in [-0.15, -0.1) is 10.2 Å². The third-order valence-corrected chi connectivity index (χ3v) is 3.61. The van der Waals surface area contributed by atoms with Crippen molar-refractivity contribution in [3.63, 3.8) is 0 Å². The summed E-state index contributed by atoms with van der Waals surface area (Å²) in [5.74, 6) is 2.25. The van der Waals surface area contributed by atoms with Crippen LogP contribution in [0.15, 0.2) is 24.3 Å². The third kappa shape index (κ3) is 2.10. The Morgan fingerprint density at radius 3 is 2.89 bits per heavy atom. The van der Waals surface area contributed by atoms with Crippen molar-refractivity contribution in [2.24, 2.45) is 0 Å². The number of hydrogen-bond acceptors (Lipinski definition) is 3. The minimum Gasteiger partial charge on any atom is -0.399 e. The molecule has 0 saturated carbocycles. The molecule has 0 spiro atoms. The van der Waals surface area contributed by atoms with E-state index < -0.39 is 0 Å². The Morgan fingerprint density at radius 1 is 1.11 bits per heavy atom. The van der Waals surface area contributed by atoms with Gasteiger partial charge in [0.25, 0.3) is 0 Å². The van der Waals surface area contributed by atoms with Gasteiger partial charge in [0.05, 0.1) is 0 Å². The Morgan fingerprint density at radius 2 is 2.00 bits per heavy atom. The third-order valence-electron chi connectivity index (χ3n) is 3.61. The molecule has 1 aliphatic heterocycles. The molecule has 94 valence electrons.